The van der Waals surface area contributed by atoms with Gasteiger partial charge in [0.05, 0.1) is 13.0 Å². The van der Waals surface area contributed by atoms with Crippen LogP contribution in [0.2, 0.25) is 0 Å². The van der Waals surface area contributed by atoms with Crippen LogP contribution < -0.4 is 10.1 Å². The number of ether oxygens (including phenoxy) is 1. The van der Waals surface area contributed by atoms with Crippen LogP contribution in [0.3, 0.4) is 0 Å². The second kappa shape index (κ2) is 10.0. The summed E-state index contributed by atoms with van der Waals surface area (Å²) in [5, 5.41) is 13.9. The Kier molecular flexibility index (Phi) is 7.15. The summed E-state index contributed by atoms with van der Waals surface area (Å²) in [7, 11) is 1.72. The topological polar surface area (TPSA) is 85.2 Å². The van der Waals surface area contributed by atoms with Gasteiger partial charge in [0.1, 0.15) is 5.75 Å². The van der Waals surface area contributed by atoms with Crippen LogP contribution in [-0.4, -0.2) is 57.3 Å². The summed E-state index contributed by atoms with van der Waals surface area (Å²) in [6.07, 6.45) is 4.89. The maximum absolute atomic E-state index is 11.9. The predicted octanol–water partition coefficient (Wildman–Crippen LogP) is 1.32. The van der Waals surface area contributed by atoms with Gasteiger partial charge in [-0.1, -0.05) is 18.6 Å². The molecule has 0 saturated carbocycles. The first kappa shape index (κ1) is 19.3. The highest BCUT2D eigenvalue weighted by molar-refractivity contribution is 5.77. The van der Waals surface area contributed by atoms with Crippen LogP contribution in [0.25, 0.3) is 0 Å². The molecule has 1 N–H and O–H groups in total. The van der Waals surface area contributed by atoms with E-state index in [-0.39, 0.29) is 12.3 Å². The molecule has 3 rings (SSSR count). The summed E-state index contributed by atoms with van der Waals surface area (Å²) in [5.41, 5.74) is 1.29. The van der Waals surface area contributed by atoms with Crippen molar-refractivity contribution in [2.75, 3.05) is 26.2 Å². The fraction of sp³-hybridized carbons (Fsp3) is 0.579. The number of nitrogens with one attached hydrogen (secondary N) is 1. The number of aromatic nitrogens is 4. The molecule has 8 heteroatoms. The molecule has 0 bridgehead atoms. The van der Waals surface area contributed by atoms with Crippen molar-refractivity contribution in [3.63, 3.8) is 0 Å². The number of likely N-dealkylation sites (tertiary alicyclic amines) is 1. The van der Waals surface area contributed by atoms with Gasteiger partial charge in [-0.25, -0.2) is 4.68 Å². The average Bonchev–Trinajstić information content (AvgIpc) is 3.07. The van der Waals surface area contributed by atoms with Gasteiger partial charge in [0.2, 0.25) is 5.91 Å². The summed E-state index contributed by atoms with van der Waals surface area (Å²) in [4.78, 5) is 14.4. The number of carbonyl (C=O) groups excluding carboxylic acids is 1. The molecule has 1 saturated heterocycles. The Balaban J connectivity index is 1.33. The molecule has 0 aliphatic carbocycles. The van der Waals surface area contributed by atoms with E-state index in [4.69, 9.17) is 4.74 Å². The lowest BCUT2D eigenvalue weighted by molar-refractivity contribution is -0.120. The number of aryl methyl sites for hydroxylation is 1. The van der Waals surface area contributed by atoms with E-state index in [9.17, 15) is 4.79 Å². The molecule has 146 valence electrons. The van der Waals surface area contributed by atoms with E-state index in [0.29, 0.717) is 19.0 Å². The molecule has 0 unspecified atom stereocenters. The van der Waals surface area contributed by atoms with Crippen LogP contribution in [0.5, 0.6) is 5.75 Å². The first-order valence-electron chi connectivity index (χ1n) is 9.63. The van der Waals surface area contributed by atoms with E-state index in [1.807, 2.05) is 12.1 Å². The Morgan fingerprint density at radius 2 is 2.11 bits per heavy atom. The van der Waals surface area contributed by atoms with Crippen molar-refractivity contribution in [3.8, 4) is 5.75 Å². The quantitative estimate of drug-likeness (QED) is 0.669. The fourth-order valence-electron chi connectivity index (χ4n) is 3.20. The lowest BCUT2D eigenvalue weighted by Crippen LogP contribution is -2.29. The highest BCUT2D eigenvalue weighted by atomic mass is 16.5. The smallest absolute Gasteiger partial charge is 0.227 e. The molecule has 0 radical (unpaired) electrons. The van der Waals surface area contributed by atoms with Gasteiger partial charge in [-0.15, -0.1) is 5.10 Å². The van der Waals surface area contributed by atoms with Crippen molar-refractivity contribution in [3.05, 3.63) is 35.7 Å². The molecule has 1 aromatic heterocycles. The Hall–Kier alpha value is -2.48. The number of amides is 1. The van der Waals surface area contributed by atoms with Crippen molar-refractivity contribution in [2.45, 2.75) is 38.6 Å². The summed E-state index contributed by atoms with van der Waals surface area (Å²) in [5.74, 6) is 1.35. The second-order valence-corrected chi connectivity index (χ2v) is 6.93. The van der Waals surface area contributed by atoms with Gasteiger partial charge < -0.3 is 10.1 Å². The molecular formula is C19H28N6O2. The van der Waals surface area contributed by atoms with E-state index in [1.165, 1.54) is 42.6 Å². The zero-order chi connectivity index (χ0) is 18.9. The number of carbonyl (C=O) groups is 1. The van der Waals surface area contributed by atoms with Gasteiger partial charge in [-0.05, 0) is 60.5 Å². The number of rotatable bonds is 9. The summed E-state index contributed by atoms with van der Waals surface area (Å²) < 4.78 is 7.34. The molecular weight excluding hydrogens is 344 g/mol. The first-order chi connectivity index (χ1) is 13.2. The number of hydrogen-bond donors (Lipinski definition) is 1. The molecule has 2 aromatic rings. The van der Waals surface area contributed by atoms with Gasteiger partial charge in [0.25, 0.3) is 0 Å². The van der Waals surface area contributed by atoms with Gasteiger partial charge in [0.15, 0.2) is 5.82 Å². The van der Waals surface area contributed by atoms with Crippen molar-refractivity contribution >= 4 is 5.91 Å². The minimum atomic E-state index is -0.0866. The zero-order valence-corrected chi connectivity index (χ0v) is 15.9. The van der Waals surface area contributed by atoms with Crippen LogP contribution in [0, 0.1) is 0 Å². The third-order valence-corrected chi connectivity index (χ3v) is 4.69. The van der Waals surface area contributed by atoms with E-state index >= 15 is 0 Å². The monoisotopic (exact) mass is 372 g/mol. The molecule has 1 aliphatic rings. The summed E-state index contributed by atoms with van der Waals surface area (Å²) >= 11 is 0. The Bertz CT molecular complexity index is 726. The van der Waals surface area contributed by atoms with Crippen LogP contribution >= 0.6 is 0 Å². The van der Waals surface area contributed by atoms with Gasteiger partial charge in [-0.2, -0.15) is 0 Å². The van der Waals surface area contributed by atoms with E-state index < -0.39 is 0 Å². The molecule has 1 aliphatic heterocycles. The molecule has 1 amide bonds. The highest BCUT2D eigenvalue weighted by Crippen LogP contribution is 2.17. The molecule has 8 nitrogen and oxygen atoms in total. The Labute approximate surface area is 159 Å². The largest absolute Gasteiger partial charge is 0.494 e. The maximum Gasteiger partial charge on any atom is 0.227 e. The normalized spacial score (nSPS) is 14.9. The minimum absolute atomic E-state index is 0.0866. The fourth-order valence-corrected chi connectivity index (χ4v) is 3.20. The molecule has 0 spiro atoms. The molecule has 27 heavy (non-hydrogen) atoms. The molecule has 0 atom stereocenters. The zero-order valence-electron chi connectivity index (χ0n) is 15.9. The van der Waals surface area contributed by atoms with Gasteiger partial charge in [0, 0.05) is 20.1 Å². The Morgan fingerprint density at radius 1 is 1.26 bits per heavy atom. The minimum Gasteiger partial charge on any atom is -0.494 e. The standard InChI is InChI=1S/C19H28N6O2/c1-24-18(21-22-23-24)14-19(26)20-9-6-12-27-17-8-5-7-16(13-17)15-25-10-3-2-4-11-25/h5,7-8,13H,2-4,6,9-12,14-15H2,1H3,(H,20,26). The SMILES string of the molecule is Cn1nnnc1CC(=O)NCCCOc1cccc(CN2CCCCC2)c1. The lowest BCUT2D eigenvalue weighted by atomic mass is 10.1. The maximum atomic E-state index is 11.9. The van der Waals surface area contributed by atoms with E-state index in [2.05, 4.69) is 37.9 Å². The molecule has 1 fully saturated rings. The molecule has 1 aromatic carbocycles. The first-order valence-corrected chi connectivity index (χ1v) is 9.63. The second-order valence-electron chi connectivity index (χ2n) is 6.93. The molecule has 2 heterocycles. The lowest BCUT2D eigenvalue weighted by Gasteiger charge is -2.26. The number of benzene rings is 1. The van der Waals surface area contributed by atoms with Gasteiger partial charge in [-0.3, -0.25) is 9.69 Å². The van der Waals surface area contributed by atoms with Crippen LogP contribution in [0.15, 0.2) is 24.3 Å². The van der Waals surface area contributed by atoms with E-state index in [1.54, 1.807) is 7.05 Å². The number of tetrazole rings is 1. The van der Waals surface area contributed by atoms with Crippen molar-refractivity contribution in [2.24, 2.45) is 7.05 Å². The third-order valence-electron chi connectivity index (χ3n) is 4.69. The van der Waals surface area contributed by atoms with Crippen LogP contribution in [-0.2, 0) is 24.8 Å². The van der Waals surface area contributed by atoms with Gasteiger partial charge >= 0.3 is 0 Å². The number of piperidine rings is 1. The predicted molar refractivity (Wildman–Crippen MR) is 101 cm³/mol. The van der Waals surface area contributed by atoms with Crippen molar-refractivity contribution in [1.29, 1.82) is 0 Å². The number of nitrogens with zero attached hydrogens (tertiary/aromatic N) is 5. The highest BCUT2D eigenvalue weighted by Gasteiger charge is 2.11. The van der Waals surface area contributed by atoms with E-state index in [0.717, 1.165) is 18.7 Å². The van der Waals surface area contributed by atoms with Crippen LogP contribution in [0.1, 0.15) is 37.1 Å². The Morgan fingerprint density at radius 3 is 2.89 bits per heavy atom. The van der Waals surface area contributed by atoms with Crippen molar-refractivity contribution in [1.82, 2.24) is 30.4 Å². The number of hydrogen-bond acceptors (Lipinski definition) is 6. The van der Waals surface area contributed by atoms with Crippen LogP contribution in [0.4, 0.5) is 0 Å². The average molecular weight is 372 g/mol. The third kappa shape index (κ3) is 6.32. The summed E-state index contributed by atoms with van der Waals surface area (Å²) in [6, 6.07) is 8.31. The van der Waals surface area contributed by atoms with Crippen molar-refractivity contribution < 1.29 is 9.53 Å². The summed E-state index contributed by atoms with van der Waals surface area (Å²) in [6.45, 7) is 4.51.